The summed E-state index contributed by atoms with van der Waals surface area (Å²) in [6.07, 6.45) is 2.72. The van der Waals surface area contributed by atoms with Gasteiger partial charge in [-0.25, -0.2) is 0 Å². The van der Waals surface area contributed by atoms with Crippen LogP contribution in [0.4, 0.5) is 0 Å². The first kappa shape index (κ1) is 10.8. The zero-order chi connectivity index (χ0) is 9.68. The molecular weight excluding hydrogens is 188 g/mol. The Balaban J connectivity index is 2.18. The number of nitrogens with two attached hydrogens (primary N) is 1. The van der Waals surface area contributed by atoms with E-state index in [4.69, 9.17) is 17.3 Å². The lowest BCUT2D eigenvalue weighted by atomic mass is 9.93. The number of halogens is 1. The van der Waals surface area contributed by atoms with E-state index in [9.17, 15) is 4.79 Å². The second-order valence-electron chi connectivity index (χ2n) is 3.64. The minimum absolute atomic E-state index is 0.171. The van der Waals surface area contributed by atoms with Gasteiger partial charge < -0.3 is 10.6 Å². The van der Waals surface area contributed by atoms with Crippen LogP contribution in [0.25, 0.3) is 0 Å². The SMILES string of the molecule is NC(=O)CC1CCN(CCCl)CC1. The van der Waals surface area contributed by atoms with Crippen molar-refractivity contribution in [1.82, 2.24) is 4.90 Å². The van der Waals surface area contributed by atoms with Crippen LogP contribution in [0.2, 0.25) is 0 Å². The van der Waals surface area contributed by atoms with Gasteiger partial charge in [-0.1, -0.05) is 0 Å². The number of nitrogens with zero attached hydrogens (tertiary/aromatic N) is 1. The van der Waals surface area contributed by atoms with Gasteiger partial charge in [0.1, 0.15) is 0 Å². The summed E-state index contributed by atoms with van der Waals surface area (Å²) in [7, 11) is 0. The molecule has 0 aromatic heterocycles. The van der Waals surface area contributed by atoms with E-state index in [0.717, 1.165) is 32.5 Å². The van der Waals surface area contributed by atoms with E-state index in [-0.39, 0.29) is 5.91 Å². The molecule has 0 aromatic carbocycles. The van der Waals surface area contributed by atoms with Gasteiger partial charge in [0.15, 0.2) is 0 Å². The van der Waals surface area contributed by atoms with Crippen LogP contribution in [-0.2, 0) is 4.79 Å². The van der Waals surface area contributed by atoms with E-state index < -0.39 is 0 Å². The summed E-state index contributed by atoms with van der Waals surface area (Å²) >= 11 is 5.64. The van der Waals surface area contributed by atoms with Crippen molar-refractivity contribution in [3.05, 3.63) is 0 Å². The third kappa shape index (κ3) is 3.96. The normalized spacial score (nSPS) is 20.4. The van der Waals surface area contributed by atoms with Crippen molar-refractivity contribution in [2.45, 2.75) is 19.3 Å². The summed E-state index contributed by atoms with van der Waals surface area (Å²) < 4.78 is 0. The van der Waals surface area contributed by atoms with Crippen LogP contribution in [0.15, 0.2) is 0 Å². The molecule has 1 rings (SSSR count). The van der Waals surface area contributed by atoms with E-state index in [1.165, 1.54) is 0 Å². The molecule has 1 fully saturated rings. The Morgan fingerprint density at radius 3 is 2.54 bits per heavy atom. The van der Waals surface area contributed by atoms with E-state index in [1.807, 2.05) is 0 Å². The highest BCUT2D eigenvalue weighted by atomic mass is 35.5. The maximum atomic E-state index is 10.7. The highest BCUT2D eigenvalue weighted by molar-refractivity contribution is 6.18. The molecule has 0 aromatic rings. The average molecular weight is 205 g/mol. The Morgan fingerprint density at radius 1 is 1.46 bits per heavy atom. The van der Waals surface area contributed by atoms with Gasteiger partial charge in [-0.2, -0.15) is 0 Å². The fraction of sp³-hybridized carbons (Fsp3) is 0.889. The summed E-state index contributed by atoms with van der Waals surface area (Å²) in [5, 5.41) is 0. The first-order valence-electron chi connectivity index (χ1n) is 4.79. The van der Waals surface area contributed by atoms with Crippen molar-refractivity contribution >= 4 is 17.5 Å². The predicted octanol–water partition coefficient (Wildman–Crippen LogP) is 0.813. The van der Waals surface area contributed by atoms with Crippen LogP contribution >= 0.6 is 11.6 Å². The molecule has 0 atom stereocenters. The summed E-state index contributed by atoms with van der Waals surface area (Å²) in [4.78, 5) is 13.0. The Bertz CT molecular complexity index is 167. The molecule has 0 bridgehead atoms. The van der Waals surface area contributed by atoms with Gasteiger partial charge in [-0.15, -0.1) is 11.6 Å². The van der Waals surface area contributed by atoms with Gasteiger partial charge in [0, 0.05) is 18.8 Å². The molecule has 1 amide bonds. The lowest BCUT2D eigenvalue weighted by molar-refractivity contribution is -0.119. The van der Waals surface area contributed by atoms with Crippen molar-refractivity contribution in [3.8, 4) is 0 Å². The number of piperidine rings is 1. The summed E-state index contributed by atoms with van der Waals surface area (Å²) in [5.74, 6) is 1.03. The molecule has 13 heavy (non-hydrogen) atoms. The van der Waals surface area contributed by atoms with Crippen LogP contribution < -0.4 is 5.73 Å². The number of likely N-dealkylation sites (tertiary alicyclic amines) is 1. The fourth-order valence-corrected chi connectivity index (χ4v) is 2.06. The highest BCUT2D eigenvalue weighted by Gasteiger charge is 2.19. The lowest BCUT2D eigenvalue weighted by Crippen LogP contribution is -2.36. The topological polar surface area (TPSA) is 46.3 Å². The van der Waals surface area contributed by atoms with E-state index >= 15 is 0 Å². The summed E-state index contributed by atoms with van der Waals surface area (Å²) in [5.41, 5.74) is 5.14. The largest absolute Gasteiger partial charge is 0.370 e. The number of carbonyl (C=O) groups is 1. The first-order chi connectivity index (χ1) is 6.22. The van der Waals surface area contributed by atoms with Gasteiger partial charge in [0.25, 0.3) is 0 Å². The Kier molecular flexibility index (Phi) is 4.53. The monoisotopic (exact) mass is 204 g/mol. The van der Waals surface area contributed by atoms with Crippen molar-refractivity contribution in [2.75, 3.05) is 25.5 Å². The molecule has 1 aliphatic heterocycles. The van der Waals surface area contributed by atoms with Crippen LogP contribution in [-0.4, -0.2) is 36.3 Å². The van der Waals surface area contributed by atoms with Crippen molar-refractivity contribution in [3.63, 3.8) is 0 Å². The number of hydrogen-bond donors (Lipinski definition) is 1. The molecule has 1 aliphatic rings. The molecule has 1 saturated heterocycles. The summed E-state index contributed by atoms with van der Waals surface area (Å²) in [6.45, 7) is 3.08. The van der Waals surface area contributed by atoms with Crippen molar-refractivity contribution in [2.24, 2.45) is 11.7 Å². The zero-order valence-electron chi connectivity index (χ0n) is 7.84. The van der Waals surface area contributed by atoms with Gasteiger partial charge in [0.2, 0.25) is 5.91 Å². The van der Waals surface area contributed by atoms with Crippen molar-refractivity contribution < 1.29 is 4.79 Å². The van der Waals surface area contributed by atoms with Gasteiger partial charge in [-0.3, -0.25) is 4.79 Å². The molecule has 3 nitrogen and oxygen atoms in total. The number of primary amides is 1. The van der Waals surface area contributed by atoms with E-state index in [2.05, 4.69) is 4.90 Å². The maximum absolute atomic E-state index is 10.7. The molecule has 0 aliphatic carbocycles. The third-order valence-corrected chi connectivity index (χ3v) is 2.77. The summed E-state index contributed by atoms with van der Waals surface area (Å²) in [6, 6.07) is 0. The number of rotatable bonds is 4. The number of alkyl halides is 1. The minimum atomic E-state index is -0.171. The van der Waals surface area contributed by atoms with E-state index in [1.54, 1.807) is 0 Å². The molecule has 0 radical (unpaired) electrons. The molecule has 0 spiro atoms. The van der Waals surface area contributed by atoms with Crippen molar-refractivity contribution in [1.29, 1.82) is 0 Å². The van der Waals surface area contributed by atoms with Gasteiger partial charge >= 0.3 is 0 Å². The standard InChI is InChI=1S/C9H17ClN2O/c10-3-6-12-4-1-8(2-5-12)7-9(11)13/h8H,1-7H2,(H2,11,13). The lowest BCUT2D eigenvalue weighted by Gasteiger charge is -2.30. The number of amides is 1. The fourth-order valence-electron chi connectivity index (χ4n) is 1.82. The van der Waals surface area contributed by atoms with Crippen LogP contribution in [0, 0.1) is 5.92 Å². The number of carbonyl (C=O) groups excluding carboxylic acids is 1. The highest BCUT2D eigenvalue weighted by Crippen LogP contribution is 2.19. The maximum Gasteiger partial charge on any atom is 0.217 e. The molecular formula is C9H17ClN2O. The molecule has 0 unspecified atom stereocenters. The molecule has 0 saturated carbocycles. The van der Waals surface area contributed by atoms with Gasteiger partial charge in [0.05, 0.1) is 0 Å². The van der Waals surface area contributed by atoms with E-state index in [0.29, 0.717) is 18.2 Å². The first-order valence-corrected chi connectivity index (χ1v) is 5.32. The van der Waals surface area contributed by atoms with Crippen LogP contribution in [0.5, 0.6) is 0 Å². The molecule has 4 heteroatoms. The minimum Gasteiger partial charge on any atom is -0.370 e. The Hall–Kier alpha value is -0.280. The smallest absolute Gasteiger partial charge is 0.217 e. The molecule has 1 heterocycles. The second kappa shape index (κ2) is 5.45. The molecule has 76 valence electrons. The van der Waals surface area contributed by atoms with Gasteiger partial charge in [-0.05, 0) is 31.8 Å². The average Bonchev–Trinajstić information content (AvgIpc) is 2.08. The Morgan fingerprint density at radius 2 is 2.08 bits per heavy atom. The predicted molar refractivity (Wildman–Crippen MR) is 53.7 cm³/mol. The quantitative estimate of drug-likeness (QED) is 0.690. The third-order valence-electron chi connectivity index (χ3n) is 2.60. The molecule has 2 N–H and O–H groups in total. The Labute approximate surface area is 84.2 Å². The van der Waals surface area contributed by atoms with Crippen LogP contribution in [0.1, 0.15) is 19.3 Å². The zero-order valence-corrected chi connectivity index (χ0v) is 8.59. The second-order valence-corrected chi connectivity index (χ2v) is 4.02. The van der Waals surface area contributed by atoms with Crippen LogP contribution in [0.3, 0.4) is 0 Å². The number of hydrogen-bond acceptors (Lipinski definition) is 2.